The Balaban J connectivity index is 2.72. The molecule has 0 unspecified atom stereocenters. The Morgan fingerprint density at radius 1 is 0.938 bits per heavy atom. The highest BCUT2D eigenvalue weighted by atomic mass is 16.1. The number of fused-ring (bicyclic) bond motifs is 1. The van der Waals surface area contributed by atoms with Gasteiger partial charge in [-0.1, -0.05) is 18.2 Å². The van der Waals surface area contributed by atoms with E-state index in [1.54, 1.807) is 30.3 Å². The highest BCUT2D eigenvalue weighted by molar-refractivity contribution is 5.94. The molecule has 2 aromatic carbocycles. The molecule has 0 spiro atoms. The number of isocyanates is 2. The fourth-order valence-electron chi connectivity index (χ4n) is 1.52. The van der Waals surface area contributed by atoms with Gasteiger partial charge in [0.15, 0.2) is 0 Å². The van der Waals surface area contributed by atoms with Gasteiger partial charge in [-0.15, -0.1) is 0 Å². The fourth-order valence-corrected chi connectivity index (χ4v) is 1.52. The first-order valence-corrected chi connectivity index (χ1v) is 4.53. The Hall–Kier alpha value is -2.54. The molecular weight excluding hydrogens is 204 g/mol. The lowest BCUT2D eigenvalue weighted by atomic mass is 10.1. The summed E-state index contributed by atoms with van der Waals surface area (Å²) >= 11 is 0. The second-order valence-corrected chi connectivity index (χ2v) is 3.09. The first-order valence-electron chi connectivity index (χ1n) is 4.53. The lowest BCUT2D eigenvalue weighted by molar-refractivity contribution is 0.564. The summed E-state index contributed by atoms with van der Waals surface area (Å²) in [5.74, 6) is 0. The van der Waals surface area contributed by atoms with Crippen molar-refractivity contribution in [2.45, 2.75) is 0 Å². The van der Waals surface area contributed by atoms with E-state index in [9.17, 15) is 9.59 Å². The monoisotopic (exact) mass is 210 g/mol. The Kier molecular flexibility index (Phi) is 2.70. The molecule has 0 amide bonds. The van der Waals surface area contributed by atoms with Gasteiger partial charge in [-0.2, -0.15) is 9.98 Å². The second-order valence-electron chi connectivity index (χ2n) is 3.09. The summed E-state index contributed by atoms with van der Waals surface area (Å²) in [6, 6.07) is 10.5. The number of nitrogens with zero attached hydrogens (tertiary/aromatic N) is 2. The van der Waals surface area contributed by atoms with E-state index in [4.69, 9.17) is 0 Å². The molecule has 2 aromatic rings. The minimum Gasteiger partial charge on any atom is -0.211 e. The van der Waals surface area contributed by atoms with Crippen LogP contribution in [0.2, 0.25) is 0 Å². The number of hydrogen-bond donors (Lipinski definition) is 0. The van der Waals surface area contributed by atoms with Crippen LogP contribution in [0.25, 0.3) is 10.8 Å². The number of rotatable bonds is 2. The van der Waals surface area contributed by atoms with E-state index < -0.39 is 0 Å². The molecular formula is C12H6N2O2. The van der Waals surface area contributed by atoms with E-state index in [-0.39, 0.29) is 0 Å². The standard InChI is InChI=1S/C12H6N2O2/c15-7-13-10-4-5-11-9(6-10)2-1-3-12(11)14-8-16/h1-6H. The molecule has 4 nitrogen and oxygen atoms in total. The third-order valence-corrected chi connectivity index (χ3v) is 2.18. The van der Waals surface area contributed by atoms with Gasteiger partial charge in [0.25, 0.3) is 0 Å². The van der Waals surface area contributed by atoms with Crippen LogP contribution in [0.1, 0.15) is 0 Å². The van der Waals surface area contributed by atoms with Crippen molar-refractivity contribution in [1.29, 1.82) is 0 Å². The molecule has 0 bridgehead atoms. The number of aliphatic imine (C=N–C) groups is 2. The van der Waals surface area contributed by atoms with E-state index in [2.05, 4.69) is 9.98 Å². The van der Waals surface area contributed by atoms with Crippen LogP contribution in [0.5, 0.6) is 0 Å². The van der Waals surface area contributed by atoms with Crippen LogP contribution in [0.4, 0.5) is 11.4 Å². The Bertz CT molecular complexity index is 637. The predicted octanol–water partition coefficient (Wildman–Crippen LogP) is 2.77. The maximum Gasteiger partial charge on any atom is 0.240 e. The molecule has 0 fully saturated rings. The molecule has 0 saturated heterocycles. The third-order valence-electron chi connectivity index (χ3n) is 2.18. The van der Waals surface area contributed by atoms with Gasteiger partial charge < -0.3 is 0 Å². The van der Waals surface area contributed by atoms with Gasteiger partial charge in [0.1, 0.15) is 0 Å². The van der Waals surface area contributed by atoms with Crippen molar-refractivity contribution in [2.24, 2.45) is 9.98 Å². The minimum absolute atomic E-state index is 0.523. The smallest absolute Gasteiger partial charge is 0.211 e. The van der Waals surface area contributed by atoms with Crippen molar-refractivity contribution in [3.05, 3.63) is 36.4 Å². The molecule has 0 aliphatic heterocycles. The number of carbonyl (C=O) groups excluding carboxylic acids is 2. The maximum absolute atomic E-state index is 10.2. The van der Waals surface area contributed by atoms with Crippen molar-refractivity contribution in [3.8, 4) is 0 Å². The lowest BCUT2D eigenvalue weighted by Gasteiger charge is -2.00. The van der Waals surface area contributed by atoms with Crippen molar-refractivity contribution in [1.82, 2.24) is 0 Å². The van der Waals surface area contributed by atoms with Gasteiger partial charge >= 0.3 is 0 Å². The van der Waals surface area contributed by atoms with Gasteiger partial charge in [0, 0.05) is 5.39 Å². The summed E-state index contributed by atoms with van der Waals surface area (Å²) in [4.78, 5) is 27.5. The molecule has 0 aliphatic rings. The summed E-state index contributed by atoms with van der Waals surface area (Å²) in [5, 5.41) is 1.67. The van der Waals surface area contributed by atoms with Crippen LogP contribution in [0, 0.1) is 0 Å². The average molecular weight is 210 g/mol. The summed E-state index contributed by atoms with van der Waals surface area (Å²) in [6.07, 6.45) is 2.98. The highest BCUT2D eigenvalue weighted by Gasteiger charge is 2.00. The Morgan fingerprint density at radius 3 is 2.50 bits per heavy atom. The van der Waals surface area contributed by atoms with Crippen molar-refractivity contribution in [2.75, 3.05) is 0 Å². The highest BCUT2D eigenvalue weighted by Crippen LogP contribution is 2.28. The van der Waals surface area contributed by atoms with E-state index in [0.717, 1.165) is 10.8 Å². The molecule has 2 rings (SSSR count). The lowest BCUT2D eigenvalue weighted by Crippen LogP contribution is -1.73. The summed E-state index contributed by atoms with van der Waals surface area (Å²) in [6.45, 7) is 0. The van der Waals surface area contributed by atoms with Crippen LogP contribution in [-0.4, -0.2) is 12.2 Å². The maximum atomic E-state index is 10.2. The van der Waals surface area contributed by atoms with Crippen LogP contribution in [0.15, 0.2) is 46.4 Å². The molecule has 0 saturated carbocycles. The van der Waals surface area contributed by atoms with E-state index >= 15 is 0 Å². The fraction of sp³-hybridized carbons (Fsp3) is 0. The number of hydrogen-bond acceptors (Lipinski definition) is 4. The van der Waals surface area contributed by atoms with Gasteiger partial charge in [0.2, 0.25) is 12.2 Å². The normalized spacial score (nSPS) is 9.25. The van der Waals surface area contributed by atoms with Crippen molar-refractivity contribution >= 4 is 34.3 Å². The van der Waals surface area contributed by atoms with Crippen LogP contribution in [-0.2, 0) is 9.59 Å². The molecule has 0 aromatic heterocycles. The topological polar surface area (TPSA) is 58.9 Å². The molecule has 0 heterocycles. The first kappa shape index (κ1) is 9.99. The zero-order valence-electron chi connectivity index (χ0n) is 8.18. The minimum atomic E-state index is 0.523. The largest absolute Gasteiger partial charge is 0.240 e. The van der Waals surface area contributed by atoms with Gasteiger partial charge in [-0.05, 0) is 23.6 Å². The van der Waals surface area contributed by atoms with Crippen molar-refractivity contribution < 1.29 is 9.59 Å². The molecule has 0 N–H and O–H groups in total. The van der Waals surface area contributed by atoms with E-state index in [0.29, 0.717) is 11.4 Å². The molecule has 76 valence electrons. The zero-order chi connectivity index (χ0) is 11.4. The summed E-state index contributed by atoms with van der Waals surface area (Å²) in [7, 11) is 0. The second kappa shape index (κ2) is 4.32. The third kappa shape index (κ3) is 1.79. The van der Waals surface area contributed by atoms with Crippen molar-refractivity contribution in [3.63, 3.8) is 0 Å². The number of benzene rings is 2. The first-order chi connectivity index (χ1) is 7.85. The molecule has 0 atom stereocenters. The Morgan fingerprint density at radius 2 is 1.75 bits per heavy atom. The van der Waals surface area contributed by atoms with Crippen LogP contribution < -0.4 is 0 Å². The Labute approximate surface area is 91.0 Å². The van der Waals surface area contributed by atoms with Crippen LogP contribution in [0.3, 0.4) is 0 Å². The molecule has 16 heavy (non-hydrogen) atoms. The summed E-state index contributed by atoms with van der Waals surface area (Å²) < 4.78 is 0. The SMILES string of the molecule is O=C=Nc1ccc2c(N=C=O)cccc2c1. The van der Waals surface area contributed by atoms with Crippen LogP contribution >= 0.6 is 0 Å². The van der Waals surface area contributed by atoms with E-state index in [1.807, 2.05) is 6.07 Å². The van der Waals surface area contributed by atoms with Gasteiger partial charge in [-0.25, -0.2) is 9.59 Å². The summed E-state index contributed by atoms with van der Waals surface area (Å²) in [5.41, 5.74) is 1.07. The molecule has 4 heteroatoms. The molecule has 0 radical (unpaired) electrons. The quantitative estimate of drug-likeness (QED) is 0.565. The molecule has 0 aliphatic carbocycles. The average Bonchev–Trinajstić information content (AvgIpc) is 2.30. The van der Waals surface area contributed by atoms with Gasteiger partial charge in [0.05, 0.1) is 11.4 Å². The van der Waals surface area contributed by atoms with E-state index in [1.165, 1.54) is 12.2 Å². The zero-order valence-corrected chi connectivity index (χ0v) is 8.18. The van der Waals surface area contributed by atoms with Gasteiger partial charge in [-0.3, -0.25) is 0 Å². The predicted molar refractivity (Wildman–Crippen MR) is 59.5 cm³/mol.